The van der Waals surface area contributed by atoms with Crippen LogP contribution in [-0.4, -0.2) is 20.0 Å². The Morgan fingerprint density at radius 3 is 2.80 bits per heavy atom. The summed E-state index contributed by atoms with van der Waals surface area (Å²) >= 11 is 0. The Labute approximate surface area is 88.3 Å². The number of nitrogens with one attached hydrogen (secondary N) is 1. The third-order valence-electron chi connectivity index (χ3n) is 2.64. The highest BCUT2D eigenvalue weighted by atomic mass is 15.3. The summed E-state index contributed by atoms with van der Waals surface area (Å²) < 4.78 is 1.72. The minimum atomic E-state index is 0.747. The van der Waals surface area contributed by atoms with E-state index in [9.17, 15) is 0 Å². The number of nitrogens with zero attached hydrogens (tertiary/aromatic N) is 3. The van der Waals surface area contributed by atoms with Crippen LogP contribution in [0.15, 0.2) is 12.4 Å². The summed E-state index contributed by atoms with van der Waals surface area (Å²) in [5, 5.41) is 11.1. The normalized spacial score (nSPS) is 10.8. The van der Waals surface area contributed by atoms with Crippen molar-refractivity contribution in [2.24, 2.45) is 7.05 Å². The van der Waals surface area contributed by atoms with Crippen LogP contribution in [0, 0.1) is 6.92 Å². The number of aryl methyl sites for hydroxylation is 3. The van der Waals surface area contributed by atoms with Crippen molar-refractivity contribution in [1.82, 2.24) is 20.0 Å². The summed E-state index contributed by atoms with van der Waals surface area (Å²) in [5.74, 6) is 0.747. The molecule has 0 bridgehead atoms. The van der Waals surface area contributed by atoms with Gasteiger partial charge in [0.05, 0.1) is 11.9 Å². The smallest absolute Gasteiger partial charge is 0.124 e. The highest BCUT2D eigenvalue weighted by Gasteiger charge is 2.09. The molecule has 0 unspecified atom stereocenters. The van der Waals surface area contributed by atoms with Crippen molar-refractivity contribution in [2.45, 2.75) is 19.8 Å². The Bertz CT molecular complexity index is 441. The number of H-pyrrole nitrogens is 1. The lowest BCUT2D eigenvalue weighted by Gasteiger charge is -1.95. The lowest BCUT2D eigenvalue weighted by atomic mass is 10.1. The van der Waals surface area contributed by atoms with Gasteiger partial charge in [-0.15, -0.1) is 0 Å². The molecule has 0 atom stereocenters. The maximum Gasteiger partial charge on any atom is 0.124 e. The van der Waals surface area contributed by atoms with Gasteiger partial charge >= 0.3 is 0 Å². The molecule has 2 aromatic heterocycles. The molecule has 0 radical (unpaired) electrons. The molecule has 5 nitrogen and oxygen atoms in total. The van der Waals surface area contributed by atoms with Gasteiger partial charge in [-0.3, -0.25) is 9.78 Å². The molecule has 2 heterocycles. The van der Waals surface area contributed by atoms with Crippen LogP contribution < -0.4 is 5.73 Å². The molecule has 0 fully saturated rings. The first-order valence-corrected chi connectivity index (χ1v) is 4.94. The number of nitrogen functional groups attached to an aromatic ring is 1. The zero-order chi connectivity index (χ0) is 10.8. The average Bonchev–Trinajstić information content (AvgIpc) is 2.80. The Kier molecular flexibility index (Phi) is 2.45. The SMILES string of the molecule is Cc1c(CCc2cn[nH]c2)nn(C)c1N. The Morgan fingerprint density at radius 1 is 1.47 bits per heavy atom. The minimum Gasteiger partial charge on any atom is -0.384 e. The molecule has 2 aromatic rings. The van der Waals surface area contributed by atoms with E-state index in [4.69, 9.17) is 5.73 Å². The fraction of sp³-hybridized carbons (Fsp3) is 0.400. The number of rotatable bonds is 3. The predicted octanol–water partition coefficient (Wildman–Crippen LogP) is 0.819. The first-order chi connectivity index (χ1) is 7.18. The third-order valence-corrected chi connectivity index (χ3v) is 2.64. The van der Waals surface area contributed by atoms with E-state index in [2.05, 4.69) is 15.3 Å². The minimum absolute atomic E-state index is 0.747. The fourth-order valence-corrected chi connectivity index (χ4v) is 1.62. The molecule has 0 spiro atoms. The van der Waals surface area contributed by atoms with Crippen LogP contribution in [0.25, 0.3) is 0 Å². The molecule has 0 aliphatic heterocycles. The second kappa shape index (κ2) is 3.76. The third kappa shape index (κ3) is 1.86. The predicted molar refractivity (Wildman–Crippen MR) is 58.4 cm³/mol. The molecule has 0 aromatic carbocycles. The van der Waals surface area contributed by atoms with Crippen LogP contribution in [0.3, 0.4) is 0 Å². The summed E-state index contributed by atoms with van der Waals surface area (Å²) in [6.45, 7) is 2.01. The van der Waals surface area contributed by atoms with Crippen LogP contribution in [-0.2, 0) is 19.9 Å². The van der Waals surface area contributed by atoms with E-state index < -0.39 is 0 Å². The van der Waals surface area contributed by atoms with E-state index in [1.165, 1.54) is 5.56 Å². The largest absolute Gasteiger partial charge is 0.384 e. The Morgan fingerprint density at radius 2 is 2.27 bits per heavy atom. The van der Waals surface area contributed by atoms with Crippen molar-refractivity contribution in [3.05, 3.63) is 29.2 Å². The van der Waals surface area contributed by atoms with Crippen molar-refractivity contribution in [2.75, 3.05) is 5.73 Å². The molecule has 0 saturated heterocycles. The first-order valence-electron chi connectivity index (χ1n) is 4.94. The van der Waals surface area contributed by atoms with Crippen LogP contribution in [0.2, 0.25) is 0 Å². The highest BCUT2D eigenvalue weighted by Crippen LogP contribution is 2.15. The van der Waals surface area contributed by atoms with E-state index in [1.807, 2.05) is 26.4 Å². The van der Waals surface area contributed by atoms with Gasteiger partial charge in [0.25, 0.3) is 0 Å². The summed E-state index contributed by atoms with van der Waals surface area (Å²) in [7, 11) is 1.86. The maximum absolute atomic E-state index is 5.83. The lowest BCUT2D eigenvalue weighted by molar-refractivity contribution is 0.745. The summed E-state index contributed by atoms with van der Waals surface area (Å²) in [6, 6.07) is 0. The van der Waals surface area contributed by atoms with Crippen LogP contribution in [0.1, 0.15) is 16.8 Å². The summed E-state index contributed by atoms with van der Waals surface area (Å²) in [6.07, 6.45) is 5.58. The molecule has 0 amide bonds. The fourth-order valence-electron chi connectivity index (χ4n) is 1.62. The molecular weight excluding hydrogens is 190 g/mol. The van der Waals surface area contributed by atoms with Gasteiger partial charge < -0.3 is 5.73 Å². The van der Waals surface area contributed by atoms with Gasteiger partial charge in [0.15, 0.2) is 0 Å². The Hall–Kier alpha value is -1.78. The van der Waals surface area contributed by atoms with E-state index in [1.54, 1.807) is 4.68 Å². The molecule has 0 saturated carbocycles. The van der Waals surface area contributed by atoms with Crippen LogP contribution >= 0.6 is 0 Å². The molecule has 5 heteroatoms. The van der Waals surface area contributed by atoms with Crippen molar-refractivity contribution >= 4 is 5.82 Å². The maximum atomic E-state index is 5.83. The molecule has 15 heavy (non-hydrogen) atoms. The van der Waals surface area contributed by atoms with E-state index in [-0.39, 0.29) is 0 Å². The van der Waals surface area contributed by atoms with Gasteiger partial charge in [-0.1, -0.05) is 0 Å². The molecule has 2 rings (SSSR count). The van der Waals surface area contributed by atoms with Gasteiger partial charge in [0, 0.05) is 18.8 Å². The van der Waals surface area contributed by atoms with Gasteiger partial charge in [0.2, 0.25) is 0 Å². The summed E-state index contributed by atoms with van der Waals surface area (Å²) in [5.41, 5.74) is 9.18. The number of aromatic nitrogens is 4. The summed E-state index contributed by atoms with van der Waals surface area (Å²) in [4.78, 5) is 0. The second-order valence-corrected chi connectivity index (χ2v) is 3.69. The zero-order valence-electron chi connectivity index (χ0n) is 8.99. The standard InChI is InChI=1S/C10H15N5/c1-7-9(14-15(2)10(7)11)4-3-8-5-12-13-6-8/h5-6H,3-4,11H2,1-2H3,(H,12,13). The van der Waals surface area contributed by atoms with Crippen molar-refractivity contribution < 1.29 is 0 Å². The van der Waals surface area contributed by atoms with Gasteiger partial charge in [-0.05, 0) is 25.3 Å². The molecule has 0 aliphatic carbocycles. The van der Waals surface area contributed by atoms with Crippen molar-refractivity contribution in [3.8, 4) is 0 Å². The number of hydrogen-bond acceptors (Lipinski definition) is 3. The van der Waals surface area contributed by atoms with Crippen molar-refractivity contribution in [1.29, 1.82) is 0 Å². The molecule has 3 N–H and O–H groups in total. The van der Waals surface area contributed by atoms with Crippen LogP contribution in [0.5, 0.6) is 0 Å². The number of nitrogens with two attached hydrogens (primary N) is 1. The Balaban J connectivity index is 2.08. The van der Waals surface area contributed by atoms with Gasteiger partial charge in [-0.2, -0.15) is 10.2 Å². The molecule has 0 aliphatic rings. The number of anilines is 1. The quantitative estimate of drug-likeness (QED) is 0.779. The number of aromatic amines is 1. The van der Waals surface area contributed by atoms with Crippen LogP contribution in [0.4, 0.5) is 5.82 Å². The molecular formula is C10H15N5. The number of hydrogen-bond donors (Lipinski definition) is 2. The van der Waals surface area contributed by atoms with Gasteiger partial charge in [0.1, 0.15) is 5.82 Å². The average molecular weight is 205 g/mol. The topological polar surface area (TPSA) is 72.5 Å². The first kappa shape index (κ1) is 9.76. The lowest BCUT2D eigenvalue weighted by Crippen LogP contribution is -1.97. The van der Waals surface area contributed by atoms with E-state index in [0.29, 0.717) is 0 Å². The zero-order valence-corrected chi connectivity index (χ0v) is 8.99. The highest BCUT2D eigenvalue weighted by molar-refractivity contribution is 5.42. The van der Waals surface area contributed by atoms with Crippen molar-refractivity contribution in [3.63, 3.8) is 0 Å². The monoisotopic (exact) mass is 205 g/mol. The van der Waals surface area contributed by atoms with E-state index in [0.717, 1.165) is 29.9 Å². The molecule has 80 valence electrons. The second-order valence-electron chi connectivity index (χ2n) is 3.69. The van der Waals surface area contributed by atoms with E-state index >= 15 is 0 Å². The van der Waals surface area contributed by atoms with Gasteiger partial charge in [-0.25, -0.2) is 0 Å².